The molecule has 0 aliphatic carbocycles. The van der Waals surface area contributed by atoms with Crippen LogP contribution in [-0.2, 0) is 14.3 Å². The molecule has 0 atom stereocenters. The molecule has 1 aromatic heterocycles. The number of carbonyl (C=O) groups excluding carboxylic acids is 2. The van der Waals surface area contributed by atoms with Crippen LogP contribution in [0.4, 0.5) is 5.69 Å². The first-order valence-corrected chi connectivity index (χ1v) is 7.71. The first kappa shape index (κ1) is 16.2. The van der Waals surface area contributed by atoms with Crippen LogP contribution in [-0.4, -0.2) is 50.7 Å². The van der Waals surface area contributed by atoms with E-state index in [2.05, 4.69) is 25.6 Å². The number of rotatable bonds is 6. The molecule has 10 heteroatoms. The van der Waals surface area contributed by atoms with E-state index in [0.717, 1.165) is 0 Å². The van der Waals surface area contributed by atoms with Gasteiger partial charge in [0.05, 0.1) is 24.3 Å². The van der Waals surface area contributed by atoms with Crippen molar-refractivity contribution in [2.75, 3.05) is 23.9 Å². The number of methoxy groups -OCH3 is 1. The number of aromatic amines is 1. The highest BCUT2D eigenvalue weighted by atomic mass is 32.2. The Morgan fingerprint density at radius 3 is 2.95 bits per heavy atom. The second-order valence-corrected chi connectivity index (χ2v) is 5.44. The Morgan fingerprint density at radius 2 is 2.27 bits per heavy atom. The number of esters is 1. The summed E-state index contributed by atoms with van der Waals surface area (Å²) in [5.41, 5.74) is 1.31. The Balaban J connectivity index is 1.96. The van der Waals surface area contributed by atoms with Gasteiger partial charge in [0, 0.05) is 5.69 Å². The van der Waals surface area contributed by atoms with Crippen molar-refractivity contribution in [3.63, 3.8) is 0 Å². The molecule has 1 heterocycles. The van der Waals surface area contributed by atoms with Crippen LogP contribution in [0.1, 0.15) is 0 Å². The second kappa shape index (κ2) is 7.71. The third-order valence-corrected chi connectivity index (χ3v) is 3.71. The zero-order valence-electron chi connectivity index (χ0n) is 11.6. The van der Waals surface area contributed by atoms with Gasteiger partial charge in [-0.15, -0.1) is 11.8 Å². The number of H-pyrrole nitrogens is 1. The van der Waals surface area contributed by atoms with Crippen LogP contribution in [0.2, 0.25) is 0 Å². The number of nitrogens with zero attached hydrogens (tertiary/aromatic N) is 3. The number of hydrogen-bond acceptors (Lipinski definition) is 7. The Kier molecular flexibility index (Phi) is 5.67. The average Bonchev–Trinajstić information content (AvgIpc) is 2.93. The van der Waals surface area contributed by atoms with Gasteiger partial charge in [-0.1, -0.05) is 16.4 Å². The average molecular weight is 339 g/mol. The predicted octanol–water partition coefficient (Wildman–Crippen LogP) is 1.17. The van der Waals surface area contributed by atoms with Crippen molar-refractivity contribution >= 4 is 41.5 Å². The fourth-order valence-corrected chi connectivity index (χ4v) is 2.40. The van der Waals surface area contributed by atoms with Crippen LogP contribution in [0, 0.1) is 4.77 Å². The summed E-state index contributed by atoms with van der Waals surface area (Å²) < 4.78 is 6.30. The molecule has 2 rings (SSSR count). The number of aromatic nitrogens is 4. The van der Waals surface area contributed by atoms with E-state index in [1.54, 1.807) is 24.3 Å². The molecule has 0 spiro atoms. The number of carbonyl (C=O) groups is 2. The van der Waals surface area contributed by atoms with Gasteiger partial charge in [0.25, 0.3) is 0 Å². The normalized spacial score (nSPS) is 10.2. The topological polar surface area (TPSA) is 102 Å². The minimum Gasteiger partial charge on any atom is -0.468 e. The lowest BCUT2D eigenvalue weighted by Crippen LogP contribution is -2.16. The molecule has 0 unspecified atom stereocenters. The summed E-state index contributed by atoms with van der Waals surface area (Å²) >= 11 is 6.20. The molecule has 8 nitrogen and oxygen atoms in total. The molecule has 0 bridgehead atoms. The SMILES string of the molecule is COC(=O)CSCC(=O)Nc1cccc(-n2[nH]nnc2=S)c1. The van der Waals surface area contributed by atoms with Crippen LogP contribution >= 0.6 is 24.0 Å². The summed E-state index contributed by atoms with van der Waals surface area (Å²) in [4.78, 5) is 22.8. The van der Waals surface area contributed by atoms with Crippen molar-refractivity contribution in [2.45, 2.75) is 0 Å². The molecule has 1 amide bonds. The highest BCUT2D eigenvalue weighted by Gasteiger charge is 2.07. The maximum Gasteiger partial charge on any atom is 0.315 e. The number of ether oxygens (including phenoxy) is 1. The molecular weight excluding hydrogens is 326 g/mol. The summed E-state index contributed by atoms with van der Waals surface area (Å²) in [6.45, 7) is 0. The number of thioether (sulfide) groups is 1. The van der Waals surface area contributed by atoms with E-state index < -0.39 is 0 Å². The quantitative estimate of drug-likeness (QED) is 0.601. The lowest BCUT2D eigenvalue weighted by atomic mass is 10.3. The minimum absolute atomic E-state index is 0.138. The highest BCUT2D eigenvalue weighted by molar-refractivity contribution is 8.00. The van der Waals surface area contributed by atoms with Gasteiger partial charge in [-0.05, 0) is 30.4 Å². The second-order valence-electron chi connectivity index (χ2n) is 4.09. The predicted molar refractivity (Wildman–Crippen MR) is 84.5 cm³/mol. The molecule has 0 aliphatic rings. The summed E-state index contributed by atoms with van der Waals surface area (Å²) in [6.07, 6.45) is 0. The zero-order chi connectivity index (χ0) is 15.9. The molecule has 116 valence electrons. The standard InChI is InChI=1S/C12H13N5O3S2/c1-20-11(19)7-22-6-10(18)13-8-3-2-4-9(5-8)17-12(21)14-15-16-17/h2-5H,6-7H2,1H3,(H,13,18)(H,14,16,21). The van der Waals surface area contributed by atoms with Gasteiger partial charge in [-0.25, -0.2) is 4.68 Å². The number of amides is 1. The van der Waals surface area contributed by atoms with E-state index in [4.69, 9.17) is 12.2 Å². The summed E-state index contributed by atoms with van der Waals surface area (Å²) in [7, 11) is 1.31. The third kappa shape index (κ3) is 4.40. The van der Waals surface area contributed by atoms with E-state index in [9.17, 15) is 9.59 Å². The Labute approximate surface area is 135 Å². The Hall–Kier alpha value is -2.20. The van der Waals surface area contributed by atoms with Crippen LogP contribution in [0.5, 0.6) is 0 Å². The molecule has 2 aromatic rings. The monoisotopic (exact) mass is 339 g/mol. The van der Waals surface area contributed by atoms with Gasteiger partial charge in [-0.3, -0.25) is 9.59 Å². The lowest BCUT2D eigenvalue weighted by molar-refractivity contribution is -0.137. The van der Waals surface area contributed by atoms with E-state index in [-0.39, 0.29) is 28.2 Å². The van der Waals surface area contributed by atoms with Gasteiger partial charge >= 0.3 is 5.97 Å². The maximum absolute atomic E-state index is 11.8. The number of tetrazole rings is 1. The van der Waals surface area contributed by atoms with Crippen molar-refractivity contribution in [1.29, 1.82) is 0 Å². The summed E-state index contributed by atoms with van der Waals surface area (Å²) in [5.74, 6) is -0.276. The van der Waals surface area contributed by atoms with Crippen molar-refractivity contribution in [3.05, 3.63) is 29.0 Å². The van der Waals surface area contributed by atoms with Gasteiger partial charge in [0.1, 0.15) is 0 Å². The van der Waals surface area contributed by atoms with Crippen molar-refractivity contribution in [1.82, 2.24) is 20.2 Å². The van der Waals surface area contributed by atoms with Crippen molar-refractivity contribution < 1.29 is 14.3 Å². The van der Waals surface area contributed by atoms with Crippen LogP contribution < -0.4 is 5.32 Å². The molecule has 0 aliphatic heterocycles. The van der Waals surface area contributed by atoms with Crippen LogP contribution in [0.3, 0.4) is 0 Å². The van der Waals surface area contributed by atoms with E-state index in [1.807, 2.05) is 0 Å². The Bertz CT molecular complexity index is 727. The van der Waals surface area contributed by atoms with E-state index in [1.165, 1.54) is 23.6 Å². The van der Waals surface area contributed by atoms with E-state index >= 15 is 0 Å². The van der Waals surface area contributed by atoms with Gasteiger partial charge < -0.3 is 10.1 Å². The van der Waals surface area contributed by atoms with Gasteiger partial charge in [0.15, 0.2) is 0 Å². The summed E-state index contributed by atoms with van der Waals surface area (Å²) in [6, 6.07) is 7.06. The molecule has 1 aromatic carbocycles. The lowest BCUT2D eigenvalue weighted by Gasteiger charge is -2.07. The number of nitrogens with one attached hydrogen (secondary N) is 2. The molecule has 22 heavy (non-hydrogen) atoms. The third-order valence-electron chi connectivity index (χ3n) is 2.54. The number of hydrogen-bond donors (Lipinski definition) is 2. The van der Waals surface area contributed by atoms with Crippen LogP contribution in [0.25, 0.3) is 5.69 Å². The molecule has 0 fully saturated rings. The maximum atomic E-state index is 11.8. The fraction of sp³-hybridized carbons (Fsp3) is 0.250. The number of anilines is 1. The largest absolute Gasteiger partial charge is 0.468 e. The molecule has 0 saturated carbocycles. The first-order valence-electron chi connectivity index (χ1n) is 6.15. The number of benzene rings is 1. The summed E-state index contributed by atoms with van der Waals surface area (Å²) in [5, 5.41) is 12.7. The van der Waals surface area contributed by atoms with Crippen molar-refractivity contribution in [2.24, 2.45) is 0 Å². The van der Waals surface area contributed by atoms with Gasteiger partial charge in [0.2, 0.25) is 10.7 Å². The highest BCUT2D eigenvalue weighted by Crippen LogP contribution is 2.14. The smallest absolute Gasteiger partial charge is 0.315 e. The first-order chi connectivity index (χ1) is 10.6. The molecular formula is C12H13N5O3S2. The molecule has 2 N–H and O–H groups in total. The minimum atomic E-state index is -0.360. The Morgan fingerprint density at radius 1 is 1.45 bits per heavy atom. The zero-order valence-corrected chi connectivity index (χ0v) is 13.2. The van der Waals surface area contributed by atoms with Gasteiger partial charge in [-0.2, -0.15) is 5.21 Å². The van der Waals surface area contributed by atoms with E-state index in [0.29, 0.717) is 11.4 Å². The fourth-order valence-electron chi connectivity index (χ4n) is 1.57. The molecule has 0 saturated heterocycles. The van der Waals surface area contributed by atoms with Crippen molar-refractivity contribution in [3.8, 4) is 5.69 Å². The van der Waals surface area contributed by atoms with Crippen LogP contribution in [0.15, 0.2) is 24.3 Å². The molecule has 0 radical (unpaired) electrons.